The van der Waals surface area contributed by atoms with Crippen molar-refractivity contribution in [3.63, 3.8) is 0 Å². The number of carboxylic acids is 1. The fraction of sp³-hybridized carbons (Fsp3) is 0.143. The minimum Gasteiger partial charge on any atom is -0.543 e. The van der Waals surface area contributed by atoms with Crippen LogP contribution in [0.3, 0.4) is 0 Å². The Hall–Kier alpha value is -0.543. The van der Waals surface area contributed by atoms with Gasteiger partial charge in [-0.2, -0.15) is 0 Å². The van der Waals surface area contributed by atoms with Crippen LogP contribution in [0, 0.1) is 0 Å². The largest absolute Gasteiger partial charge is 1.00 e. The second-order valence-electron chi connectivity index (χ2n) is 2.54. The van der Waals surface area contributed by atoms with Gasteiger partial charge in [-0.05, 0) is 12.1 Å². The van der Waals surface area contributed by atoms with Gasteiger partial charge in [0, 0.05) is 6.26 Å². The van der Waals surface area contributed by atoms with Crippen molar-refractivity contribution in [3.05, 3.63) is 23.0 Å². The molecule has 5 nitrogen and oxygen atoms in total. The summed E-state index contributed by atoms with van der Waals surface area (Å²) in [5.74, 6) is -1.67. The number of pyridine rings is 1. The van der Waals surface area contributed by atoms with Gasteiger partial charge in [-0.3, -0.25) is 0 Å². The number of hydrogen-bond acceptors (Lipinski definition) is 5. The van der Waals surface area contributed by atoms with E-state index in [9.17, 15) is 18.3 Å². The van der Waals surface area contributed by atoms with Crippen LogP contribution in [0.25, 0.3) is 0 Å². The number of carbonyl (C=O) groups is 1. The van der Waals surface area contributed by atoms with Crippen molar-refractivity contribution in [2.24, 2.45) is 0 Å². The van der Waals surface area contributed by atoms with Crippen molar-refractivity contribution < 1.29 is 37.2 Å². The maximum Gasteiger partial charge on any atom is 1.00 e. The average Bonchev–Trinajstić information content (AvgIpc) is 2.01. The van der Waals surface area contributed by atoms with Crippen LogP contribution < -0.4 is 24.0 Å². The average molecular weight is 242 g/mol. The predicted octanol–water partition coefficient (Wildman–Crippen LogP) is -3.49. The molecule has 0 saturated heterocycles. The van der Waals surface area contributed by atoms with E-state index in [2.05, 4.69) is 4.98 Å². The van der Waals surface area contributed by atoms with Crippen LogP contribution in [-0.2, 0) is 9.84 Å². The van der Waals surface area contributed by atoms with Crippen LogP contribution in [0.15, 0.2) is 17.0 Å². The number of carbonyl (C=O) groups excluding carboxylic acids is 1. The van der Waals surface area contributed by atoms with E-state index in [1.165, 1.54) is 6.07 Å². The van der Waals surface area contributed by atoms with Crippen molar-refractivity contribution in [1.29, 1.82) is 0 Å². The zero-order chi connectivity index (χ0) is 10.9. The Labute approximate surface area is 104 Å². The first-order valence-corrected chi connectivity index (χ1v) is 5.67. The van der Waals surface area contributed by atoms with Crippen LogP contribution >= 0.6 is 11.6 Å². The van der Waals surface area contributed by atoms with E-state index in [0.29, 0.717) is 0 Å². The summed E-state index contributed by atoms with van der Waals surface area (Å²) in [5, 5.41) is 10.4. The molecular formula is C7H5ClLiNO4S. The first kappa shape index (κ1) is 14.5. The van der Waals surface area contributed by atoms with Crippen molar-refractivity contribution in [3.8, 4) is 0 Å². The number of nitrogens with zero attached hydrogens (tertiary/aromatic N) is 1. The van der Waals surface area contributed by atoms with Crippen molar-refractivity contribution in [2.45, 2.75) is 4.90 Å². The molecule has 1 rings (SSSR count). The maximum absolute atomic E-state index is 11.1. The fourth-order valence-corrected chi connectivity index (χ4v) is 1.81. The summed E-state index contributed by atoms with van der Waals surface area (Å²) in [6.45, 7) is 0. The molecule has 0 saturated carbocycles. The van der Waals surface area contributed by atoms with Gasteiger partial charge in [0.2, 0.25) is 0 Å². The normalized spacial score (nSPS) is 10.5. The van der Waals surface area contributed by atoms with Crippen LogP contribution in [0.4, 0.5) is 0 Å². The van der Waals surface area contributed by atoms with Gasteiger partial charge in [0.15, 0.2) is 9.84 Å². The Morgan fingerprint density at radius 3 is 2.40 bits per heavy atom. The van der Waals surface area contributed by atoms with Gasteiger partial charge < -0.3 is 9.90 Å². The predicted molar refractivity (Wildman–Crippen MR) is 46.7 cm³/mol. The second-order valence-corrected chi connectivity index (χ2v) is 4.91. The monoisotopic (exact) mass is 241 g/mol. The Balaban J connectivity index is 0.00000196. The molecule has 0 atom stereocenters. The molecule has 0 radical (unpaired) electrons. The molecule has 76 valence electrons. The van der Waals surface area contributed by atoms with E-state index in [0.717, 1.165) is 12.3 Å². The molecule has 0 spiro atoms. The molecule has 0 aliphatic rings. The zero-order valence-electron chi connectivity index (χ0n) is 8.02. The Kier molecular flexibility index (Phi) is 4.81. The summed E-state index contributed by atoms with van der Waals surface area (Å²) in [6.07, 6.45) is 0.879. The molecule has 1 heterocycles. The van der Waals surface area contributed by atoms with E-state index in [-0.39, 0.29) is 24.0 Å². The summed E-state index contributed by atoms with van der Waals surface area (Å²) in [5.41, 5.74) is -0.667. The fourth-order valence-electron chi connectivity index (χ4n) is 0.868. The van der Waals surface area contributed by atoms with Gasteiger partial charge in [0.1, 0.15) is 10.8 Å². The zero-order valence-corrected chi connectivity index (χ0v) is 9.59. The van der Waals surface area contributed by atoms with Gasteiger partial charge in [0.25, 0.3) is 0 Å². The molecule has 0 amide bonds. The van der Waals surface area contributed by atoms with Crippen LogP contribution in [-0.4, -0.2) is 25.6 Å². The number of sulfone groups is 1. The molecule has 0 aromatic carbocycles. The van der Waals surface area contributed by atoms with Gasteiger partial charge >= 0.3 is 18.9 Å². The van der Waals surface area contributed by atoms with Crippen molar-refractivity contribution in [2.75, 3.05) is 6.26 Å². The Morgan fingerprint density at radius 2 is 2.00 bits per heavy atom. The molecule has 0 N–H and O–H groups in total. The van der Waals surface area contributed by atoms with Crippen LogP contribution in [0.1, 0.15) is 10.5 Å². The summed E-state index contributed by atoms with van der Waals surface area (Å²) in [4.78, 5) is 13.5. The summed E-state index contributed by atoms with van der Waals surface area (Å²) in [7, 11) is -3.64. The third-order valence-corrected chi connectivity index (χ3v) is 2.76. The molecule has 15 heavy (non-hydrogen) atoms. The number of aromatic carboxylic acids is 1. The number of halogens is 1. The Bertz CT molecular complexity index is 488. The molecule has 0 aliphatic carbocycles. The number of aromatic nitrogens is 1. The maximum atomic E-state index is 11.1. The number of carboxylic acid groups (broad SMARTS) is 1. The summed E-state index contributed by atoms with van der Waals surface area (Å²) >= 11 is 5.41. The molecule has 0 unspecified atom stereocenters. The van der Waals surface area contributed by atoms with E-state index in [1.807, 2.05) is 0 Å². The third-order valence-electron chi connectivity index (χ3n) is 1.42. The molecule has 0 fully saturated rings. The summed E-state index contributed by atoms with van der Waals surface area (Å²) in [6, 6.07) is 2.28. The minimum atomic E-state index is -3.64. The van der Waals surface area contributed by atoms with Gasteiger partial charge in [-0.25, -0.2) is 13.4 Å². The van der Waals surface area contributed by atoms with Crippen LogP contribution in [0.5, 0.6) is 0 Å². The van der Waals surface area contributed by atoms with Crippen molar-refractivity contribution >= 4 is 27.4 Å². The molecule has 0 aliphatic heterocycles. The van der Waals surface area contributed by atoms with Crippen molar-refractivity contribution in [1.82, 2.24) is 4.98 Å². The van der Waals surface area contributed by atoms with Crippen LogP contribution in [0.2, 0.25) is 5.15 Å². The smallest absolute Gasteiger partial charge is 0.543 e. The third kappa shape index (κ3) is 3.50. The Morgan fingerprint density at radius 1 is 1.47 bits per heavy atom. The first-order valence-electron chi connectivity index (χ1n) is 3.40. The molecular weight excluding hydrogens is 237 g/mol. The molecule has 1 aromatic rings. The second kappa shape index (κ2) is 4.99. The van der Waals surface area contributed by atoms with E-state index in [1.54, 1.807) is 0 Å². The SMILES string of the molecule is CS(=O)(=O)c1ccc(Cl)nc1C(=O)[O-].[Li+]. The molecule has 8 heteroatoms. The van der Waals surface area contributed by atoms with E-state index >= 15 is 0 Å². The number of hydrogen-bond donors (Lipinski definition) is 0. The molecule has 1 aromatic heterocycles. The van der Waals surface area contributed by atoms with Gasteiger partial charge in [0.05, 0.1) is 10.9 Å². The van der Waals surface area contributed by atoms with E-state index in [4.69, 9.17) is 11.6 Å². The quantitative estimate of drug-likeness (QED) is 0.396. The van der Waals surface area contributed by atoms with Gasteiger partial charge in [-0.1, -0.05) is 11.6 Å². The standard InChI is InChI=1S/C7H6ClNO4S.Li/c1-14(12,13)4-2-3-5(8)9-6(4)7(10)11;/h2-3H,1H3,(H,10,11);/q;+1/p-1. The number of rotatable bonds is 2. The topological polar surface area (TPSA) is 87.2 Å². The summed E-state index contributed by atoms with van der Waals surface area (Å²) < 4.78 is 22.2. The van der Waals surface area contributed by atoms with E-state index < -0.39 is 26.4 Å². The minimum absolute atomic E-state index is 0. The first-order chi connectivity index (χ1) is 6.32. The molecule has 0 bridgehead atoms. The van der Waals surface area contributed by atoms with Gasteiger partial charge in [-0.15, -0.1) is 0 Å².